The van der Waals surface area contributed by atoms with Gasteiger partial charge in [-0.1, -0.05) is 41.4 Å². The summed E-state index contributed by atoms with van der Waals surface area (Å²) >= 11 is 12.9. The summed E-state index contributed by atoms with van der Waals surface area (Å²) in [6, 6.07) is 15.3. The number of rotatable bonds is 5. The highest BCUT2D eigenvalue weighted by Gasteiger charge is 2.69. The van der Waals surface area contributed by atoms with E-state index in [0.29, 0.717) is 46.4 Å². The van der Waals surface area contributed by atoms with Gasteiger partial charge in [-0.3, -0.25) is 14.5 Å². The van der Waals surface area contributed by atoms with Crippen LogP contribution in [0.1, 0.15) is 58.4 Å². The Kier molecular flexibility index (Phi) is 6.76. The Bertz CT molecular complexity index is 1980. The number of fused-ring (bicyclic) bond motifs is 7. The van der Waals surface area contributed by atoms with E-state index >= 15 is 4.39 Å². The number of benzene rings is 3. The Hall–Kier alpha value is -3.54. The predicted octanol–water partition coefficient (Wildman–Crippen LogP) is 5.18. The van der Waals surface area contributed by atoms with Gasteiger partial charge in [0.1, 0.15) is 17.2 Å². The standard InChI is InChI=1S/C35H32Cl2FN5O4/c36-19-7-8-21-23(13-19)41-34(46)35(21)30(20-2-1-3-22(37)31(20)38)29-27(43(35)14-17-4-5-17)10-11-42-26-9-6-18(12-24(26)39-32(29)42)33(45)40-25-15-47-16-28(25)44/h1-3,6-9,12-13,17,25,27-30,44H,4-5,10-11,14-16H2,(H,40,45)(H,41,46)/t25?,27-,28?,29+,30-,35+/m0/s1. The van der Waals surface area contributed by atoms with Crippen molar-refractivity contribution in [2.45, 2.75) is 61.4 Å². The first-order valence-electron chi connectivity index (χ1n) is 16.1. The maximum atomic E-state index is 16.3. The smallest absolute Gasteiger partial charge is 0.251 e. The third-order valence-electron chi connectivity index (χ3n) is 10.9. The number of nitrogens with one attached hydrogen (secondary N) is 2. The van der Waals surface area contributed by atoms with Gasteiger partial charge in [-0.15, -0.1) is 0 Å². The third-order valence-corrected chi connectivity index (χ3v) is 11.4. The van der Waals surface area contributed by atoms with Crippen molar-refractivity contribution in [1.82, 2.24) is 19.8 Å². The number of halogens is 3. The van der Waals surface area contributed by atoms with E-state index in [1.54, 1.807) is 36.4 Å². The second-order valence-electron chi connectivity index (χ2n) is 13.5. The van der Waals surface area contributed by atoms with Crippen molar-refractivity contribution in [3.8, 4) is 0 Å². The summed E-state index contributed by atoms with van der Waals surface area (Å²) < 4.78 is 23.8. The van der Waals surface area contributed by atoms with Gasteiger partial charge in [0.2, 0.25) is 5.91 Å². The molecule has 1 spiro atoms. The van der Waals surface area contributed by atoms with Gasteiger partial charge >= 0.3 is 0 Å². The van der Waals surface area contributed by atoms with Gasteiger partial charge < -0.3 is 25.0 Å². The number of anilines is 1. The predicted molar refractivity (Wildman–Crippen MR) is 174 cm³/mol. The number of hydrogen-bond donors (Lipinski definition) is 3. The molecule has 4 aromatic rings. The zero-order valence-corrected chi connectivity index (χ0v) is 26.8. The Labute approximate surface area is 280 Å². The van der Waals surface area contributed by atoms with Crippen molar-refractivity contribution in [1.29, 1.82) is 0 Å². The molecule has 3 N–H and O–H groups in total. The number of carbonyl (C=O) groups excluding carboxylic acids is 2. The molecular weight excluding hydrogens is 644 g/mol. The van der Waals surface area contributed by atoms with Crippen LogP contribution in [-0.2, 0) is 21.6 Å². The number of likely N-dealkylation sites (tertiary alicyclic amines) is 1. The first kappa shape index (κ1) is 29.6. The van der Waals surface area contributed by atoms with Crippen LogP contribution in [0, 0.1) is 11.7 Å². The van der Waals surface area contributed by atoms with Crippen molar-refractivity contribution >= 4 is 51.7 Å². The van der Waals surface area contributed by atoms with Crippen LogP contribution in [0.5, 0.6) is 0 Å². The average Bonchev–Trinajstić information content (AvgIpc) is 3.42. The molecule has 5 aliphatic rings. The van der Waals surface area contributed by atoms with Gasteiger partial charge in [-0.25, -0.2) is 9.37 Å². The Morgan fingerprint density at radius 1 is 1.13 bits per heavy atom. The zero-order valence-electron chi connectivity index (χ0n) is 25.3. The average molecular weight is 677 g/mol. The summed E-state index contributed by atoms with van der Waals surface area (Å²) in [4.78, 5) is 35.3. The number of amides is 2. The lowest BCUT2D eigenvalue weighted by molar-refractivity contribution is -0.128. The molecule has 2 saturated heterocycles. The van der Waals surface area contributed by atoms with E-state index in [9.17, 15) is 14.7 Å². The van der Waals surface area contributed by atoms with Crippen LogP contribution in [0.25, 0.3) is 11.0 Å². The molecule has 3 fully saturated rings. The minimum absolute atomic E-state index is 0.00215. The summed E-state index contributed by atoms with van der Waals surface area (Å²) in [6.45, 7) is 1.79. The van der Waals surface area contributed by atoms with Crippen LogP contribution >= 0.6 is 23.2 Å². The number of ether oxygens (including phenoxy) is 1. The Balaban J connectivity index is 1.23. The Morgan fingerprint density at radius 3 is 2.77 bits per heavy atom. The van der Waals surface area contributed by atoms with Crippen molar-refractivity contribution in [3.63, 3.8) is 0 Å². The van der Waals surface area contributed by atoms with E-state index in [4.69, 9.17) is 32.9 Å². The molecule has 6 atom stereocenters. The van der Waals surface area contributed by atoms with Crippen LogP contribution in [0.2, 0.25) is 10.0 Å². The SMILES string of the molecule is O=C(NC1COCC1O)c1ccc2c(c1)nc1n2CC[C@H]2[C@@H]1[C@H](c1cccc(Cl)c1F)[C@]1(C(=O)Nc3cc(Cl)ccc31)N2CC1CC1. The van der Waals surface area contributed by atoms with E-state index in [1.165, 1.54) is 6.07 Å². The molecule has 9 rings (SSSR count). The van der Waals surface area contributed by atoms with Crippen LogP contribution in [0.4, 0.5) is 10.1 Å². The molecule has 9 nitrogen and oxygen atoms in total. The highest BCUT2D eigenvalue weighted by atomic mass is 35.5. The first-order chi connectivity index (χ1) is 22.8. The van der Waals surface area contributed by atoms with E-state index in [2.05, 4.69) is 20.1 Å². The maximum Gasteiger partial charge on any atom is 0.251 e. The van der Waals surface area contributed by atoms with E-state index in [1.807, 2.05) is 12.1 Å². The number of aryl methyl sites for hydroxylation is 1. The summed E-state index contributed by atoms with van der Waals surface area (Å²) in [5, 5.41) is 16.6. The molecule has 1 aliphatic carbocycles. The van der Waals surface area contributed by atoms with Crippen LogP contribution in [-0.4, -0.2) is 69.3 Å². The molecule has 47 heavy (non-hydrogen) atoms. The fraction of sp³-hybridized carbons (Fsp3) is 0.400. The number of aliphatic hydroxyl groups excluding tert-OH is 1. The molecule has 0 bridgehead atoms. The van der Waals surface area contributed by atoms with Crippen molar-refractivity contribution in [2.75, 3.05) is 25.1 Å². The number of nitrogens with zero attached hydrogens (tertiary/aromatic N) is 3. The lowest BCUT2D eigenvalue weighted by Gasteiger charge is -2.40. The van der Waals surface area contributed by atoms with E-state index in [-0.39, 0.29) is 42.0 Å². The monoisotopic (exact) mass is 675 g/mol. The fourth-order valence-corrected chi connectivity index (χ4v) is 9.02. The van der Waals surface area contributed by atoms with Crippen molar-refractivity contribution < 1.29 is 23.8 Å². The number of carbonyl (C=O) groups is 2. The number of aliphatic hydroxyl groups is 1. The topological polar surface area (TPSA) is 109 Å². The van der Waals surface area contributed by atoms with Crippen LogP contribution in [0.15, 0.2) is 54.6 Å². The molecule has 1 aromatic heterocycles. The zero-order chi connectivity index (χ0) is 32.2. The maximum absolute atomic E-state index is 16.3. The molecule has 4 aliphatic heterocycles. The van der Waals surface area contributed by atoms with Gasteiger partial charge in [-0.05, 0) is 67.1 Å². The molecule has 2 unspecified atom stereocenters. The summed E-state index contributed by atoms with van der Waals surface area (Å²) in [5.74, 6) is -0.874. The Morgan fingerprint density at radius 2 is 1.98 bits per heavy atom. The van der Waals surface area contributed by atoms with Crippen LogP contribution < -0.4 is 10.6 Å². The molecule has 12 heteroatoms. The summed E-state index contributed by atoms with van der Waals surface area (Å²) in [5.41, 5.74) is 2.50. The van der Waals surface area contributed by atoms with Gasteiger partial charge in [0.05, 0.1) is 41.4 Å². The second kappa shape index (κ2) is 10.7. The van der Waals surface area contributed by atoms with Gasteiger partial charge in [0.25, 0.3) is 5.91 Å². The van der Waals surface area contributed by atoms with Gasteiger partial charge in [-0.2, -0.15) is 0 Å². The third kappa shape index (κ3) is 4.35. The molecular formula is C35H32Cl2FN5O4. The van der Waals surface area contributed by atoms with Crippen molar-refractivity contribution in [3.05, 3.63) is 93.0 Å². The minimum Gasteiger partial charge on any atom is -0.388 e. The molecule has 0 radical (unpaired) electrons. The first-order valence-corrected chi connectivity index (χ1v) is 16.9. The lowest BCUT2D eigenvalue weighted by atomic mass is 9.70. The van der Waals surface area contributed by atoms with E-state index in [0.717, 1.165) is 36.2 Å². The highest BCUT2D eigenvalue weighted by Crippen LogP contribution is 2.64. The highest BCUT2D eigenvalue weighted by molar-refractivity contribution is 6.31. The van der Waals surface area contributed by atoms with E-state index < -0.39 is 29.4 Å². The fourth-order valence-electron chi connectivity index (χ4n) is 8.67. The molecule has 5 heterocycles. The molecule has 242 valence electrons. The lowest BCUT2D eigenvalue weighted by Crippen LogP contribution is -2.53. The quantitative estimate of drug-likeness (QED) is 0.269. The van der Waals surface area contributed by atoms with Gasteiger partial charge in [0, 0.05) is 52.8 Å². The normalized spacial score (nSPS) is 29.6. The molecule has 1 saturated carbocycles. The molecule has 2 amide bonds. The number of aromatic nitrogens is 2. The summed E-state index contributed by atoms with van der Waals surface area (Å²) in [6.07, 6.45) is 2.14. The second-order valence-corrected chi connectivity index (χ2v) is 14.4. The number of imidazole rings is 1. The van der Waals surface area contributed by atoms with Crippen molar-refractivity contribution in [2.24, 2.45) is 5.92 Å². The van der Waals surface area contributed by atoms with Crippen LogP contribution in [0.3, 0.4) is 0 Å². The largest absolute Gasteiger partial charge is 0.388 e. The summed E-state index contributed by atoms with van der Waals surface area (Å²) in [7, 11) is 0. The molecule has 3 aromatic carbocycles. The minimum atomic E-state index is -1.22. The number of hydrogen-bond acceptors (Lipinski definition) is 6. The van der Waals surface area contributed by atoms with Gasteiger partial charge in [0.15, 0.2) is 0 Å².